The smallest absolute Gasteiger partial charge is 0.243 e. The lowest BCUT2D eigenvalue weighted by atomic mass is 10.2. The summed E-state index contributed by atoms with van der Waals surface area (Å²) in [5, 5.41) is 2.97. The number of hydrogen-bond donors (Lipinski definition) is 2. The summed E-state index contributed by atoms with van der Waals surface area (Å²) < 4.78 is 0. The zero-order chi connectivity index (χ0) is 18.4. The second-order valence-corrected chi connectivity index (χ2v) is 8.04. The molecule has 0 spiro atoms. The van der Waals surface area contributed by atoms with E-state index in [1.807, 2.05) is 48.2 Å². The number of thioether (sulfide) groups is 2. The van der Waals surface area contributed by atoms with Gasteiger partial charge >= 0.3 is 0 Å². The largest absolute Gasteiger partial charge is 0.369 e. The molecule has 0 atom stereocenters. The molecule has 5 nitrogen and oxygen atoms in total. The van der Waals surface area contributed by atoms with Crippen molar-refractivity contribution in [2.45, 2.75) is 16.2 Å². The van der Waals surface area contributed by atoms with E-state index in [1.54, 1.807) is 0 Å². The van der Waals surface area contributed by atoms with Crippen molar-refractivity contribution in [3.8, 4) is 0 Å². The van der Waals surface area contributed by atoms with Crippen LogP contribution in [0.4, 0.5) is 11.4 Å². The number of anilines is 2. The first-order chi connectivity index (χ1) is 12.6. The Hall–Kier alpha value is -2.12. The lowest BCUT2D eigenvalue weighted by Crippen LogP contribution is -2.34. The second kappa shape index (κ2) is 9.00. The lowest BCUT2D eigenvalue weighted by molar-refractivity contribution is -0.116. The maximum Gasteiger partial charge on any atom is 0.243 e. The Morgan fingerprint density at radius 2 is 1.92 bits per heavy atom. The van der Waals surface area contributed by atoms with Gasteiger partial charge in [-0.15, -0.1) is 23.5 Å². The molecule has 136 valence electrons. The number of hydrogen-bond acceptors (Lipinski definition) is 5. The molecular formula is C19H21N3O2S2. The van der Waals surface area contributed by atoms with Crippen LogP contribution in [-0.4, -0.2) is 36.4 Å². The number of rotatable bonds is 6. The number of para-hydroxylation sites is 2. The minimum Gasteiger partial charge on any atom is -0.369 e. The number of carbonyl (C=O) groups excluding carboxylic acids is 2. The number of amides is 2. The van der Waals surface area contributed by atoms with E-state index in [-0.39, 0.29) is 17.6 Å². The van der Waals surface area contributed by atoms with E-state index >= 15 is 0 Å². The van der Waals surface area contributed by atoms with Crippen molar-refractivity contribution < 1.29 is 9.59 Å². The van der Waals surface area contributed by atoms with Gasteiger partial charge in [-0.1, -0.05) is 24.3 Å². The van der Waals surface area contributed by atoms with Gasteiger partial charge in [0.2, 0.25) is 11.8 Å². The van der Waals surface area contributed by atoms with Crippen molar-refractivity contribution in [3.63, 3.8) is 0 Å². The fourth-order valence-electron chi connectivity index (χ4n) is 2.77. The Morgan fingerprint density at radius 1 is 1.15 bits per heavy atom. The molecule has 26 heavy (non-hydrogen) atoms. The van der Waals surface area contributed by atoms with Crippen molar-refractivity contribution in [1.82, 2.24) is 0 Å². The summed E-state index contributed by atoms with van der Waals surface area (Å²) in [7, 11) is 0. The molecule has 2 amide bonds. The predicted octanol–water partition coefficient (Wildman–Crippen LogP) is 3.20. The third-order valence-electron chi connectivity index (χ3n) is 3.90. The highest BCUT2D eigenvalue weighted by molar-refractivity contribution is 8.00. The number of benzene rings is 2. The van der Waals surface area contributed by atoms with E-state index in [9.17, 15) is 9.59 Å². The van der Waals surface area contributed by atoms with Crippen LogP contribution in [0.5, 0.6) is 0 Å². The highest BCUT2D eigenvalue weighted by Gasteiger charge is 2.18. The highest BCUT2D eigenvalue weighted by Crippen LogP contribution is 2.33. The third kappa shape index (κ3) is 4.95. The van der Waals surface area contributed by atoms with Crippen LogP contribution in [0.3, 0.4) is 0 Å². The Labute approximate surface area is 161 Å². The summed E-state index contributed by atoms with van der Waals surface area (Å²) in [5.74, 6) is 0.791. The maximum atomic E-state index is 12.6. The number of nitrogens with one attached hydrogen (secondary N) is 1. The van der Waals surface area contributed by atoms with Crippen LogP contribution in [0.15, 0.2) is 58.3 Å². The van der Waals surface area contributed by atoms with E-state index in [0.717, 1.165) is 29.3 Å². The Morgan fingerprint density at radius 3 is 2.77 bits per heavy atom. The van der Waals surface area contributed by atoms with E-state index in [0.29, 0.717) is 12.2 Å². The van der Waals surface area contributed by atoms with Crippen LogP contribution < -0.4 is 16.0 Å². The van der Waals surface area contributed by atoms with Crippen molar-refractivity contribution in [2.24, 2.45) is 5.73 Å². The van der Waals surface area contributed by atoms with Gasteiger partial charge in [0.25, 0.3) is 0 Å². The Bertz CT molecular complexity index is 798. The van der Waals surface area contributed by atoms with Gasteiger partial charge in [0, 0.05) is 16.3 Å². The maximum absolute atomic E-state index is 12.6. The van der Waals surface area contributed by atoms with Crippen molar-refractivity contribution in [2.75, 3.05) is 34.8 Å². The quantitative estimate of drug-likeness (QED) is 0.745. The lowest BCUT2D eigenvalue weighted by Gasteiger charge is -2.24. The Kier molecular flexibility index (Phi) is 6.46. The van der Waals surface area contributed by atoms with Gasteiger partial charge in [0.05, 0.1) is 23.7 Å². The number of carbonyl (C=O) groups is 2. The minimum atomic E-state index is -0.380. The van der Waals surface area contributed by atoms with Crippen LogP contribution in [0.25, 0.3) is 0 Å². The van der Waals surface area contributed by atoms with E-state index in [4.69, 9.17) is 5.73 Å². The zero-order valence-electron chi connectivity index (χ0n) is 14.3. The van der Waals surface area contributed by atoms with Gasteiger partial charge in [-0.25, -0.2) is 0 Å². The van der Waals surface area contributed by atoms with Gasteiger partial charge in [0.15, 0.2) is 0 Å². The summed E-state index contributed by atoms with van der Waals surface area (Å²) in [5.41, 5.74) is 7.04. The SMILES string of the molecule is NC(=O)CSc1ccccc1NC(=O)CN1CCCSc2ccccc21. The van der Waals surface area contributed by atoms with Crippen molar-refractivity contribution in [1.29, 1.82) is 0 Å². The molecule has 0 saturated heterocycles. The first-order valence-corrected chi connectivity index (χ1v) is 10.4. The molecule has 3 rings (SSSR count). The normalized spacial score (nSPS) is 13.6. The van der Waals surface area contributed by atoms with E-state index in [1.165, 1.54) is 16.7 Å². The molecule has 0 saturated carbocycles. The summed E-state index contributed by atoms with van der Waals surface area (Å²) in [4.78, 5) is 27.8. The molecule has 0 aliphatic carbocycles. The van der Waals surface area contributed by atoms with Crippen LogP contribution in [0, 0.1) is 0 Å². The number of fused-ring (bicyclic) bond motifs is 1. The molecule has 1 heterocycles. The van der Waals surface area contributed by atoms with Gasteiger partial charge in [-0.2, -0.15) is 0 Å². The molecule has 0 unspecified atom stereocenters. The monoisotopic (exact) mass is 387 g/mol. The van der Waals surface area contributed by atoms with Crippen LogP contribution in [-0.2, 0) is 9.59 Å². The molecule has 7 heteroatoms. The zero-order valence-corrected chi connectivity index (χ0v) is 15.9. The molecule has 0 fully saturated rings. The van der Waals surface area contributed by atoms with E-state index < -0.39 is 0 Å². The van der Waals surface area contributed by atoms with Gasteiger partial charge in [-0.05, 0) is 36.4 Å². The number of nitrogens with zero attached hydrogens (tertiary/aromatic N) is 1. The number of primary amides is 1. The topological polar surface area (TPSA) is 75.4 Å². The molecule has 0 aromatic heterocycles. The highest BCUT2D eigenvalue weighted by atomic mass is 32.2. The summed E-state index contributed by atoms with van der Waals surface area (Å²) >= 11 is 3.16. The van der Waals surface area contributed by atoms with E-state index in [2.05, 4.69) is 22.3 Å². The third-order valence-corrected chi connectivity index (χ3v) is 6.15. The van der Waals surface area contributed by atoms with Crippen LogP contribution >= 0.6 is 23.5 Å². The summed E-state index contributed by atoms with van der Waals surface area (Å²) in [6, 6.07) is 15.7. The molecule has 2 aromatic rings. The Balaban J connectivity index is 1.69. The summed E-state index contributed by atoms with van der Waals surface area (Å²) in [6.45, 7) is 1.15. The molecule has 1 aliphatic rings. The molecule has 1 aliphatic heterocycles. The first-order valence-electron chi connectivity index (χ1n) is 8.40. The molecular weight excluding hydrogens is 366 g/mol. The standard InChI is InChI=1S/C19H21N3O2S2/c20-18(23)13-26-16-8-3-1-6-14(16)21-19(24)12-22-10-5-11-25-17-9-4-2-7-15(17)22/h1-4,6-9H,5,10-13H2,(H2,20,23)(H,21,24). The average molecular weight is 388 g/mol. The molecule has 2 aromatic carbocycles. The number of nitrogens with two attached hydrogens (primary N) is 1. The first kappa shape index (κ1) is 18.7. The fourth-order valence-corrected chi connectivity index (χ4v) is 4.53. The predicted molar refractivity (Wildman–Crippen MR) is 109 cm³/mol. The summed E-state index contributed by atoms with van der Waals surface area (Å²) in [6.07, 6.45) is 1.04. The van der Waals surface area contributed by atoms with Crippen molar-refractivity contribution >= 4 is 46.7 Å². The van der Waals surface area contributed by atoms with Crippen LogP contribution in [0.1, 0.15) is 6.42 Å². The fraction of sp³-hybridized carbons (Fsp3) is 0.263. The molecule has 0 bridgehead atoms. The second-order valence-electron chi connectivity index (χ2n) is 5.89. The molecule has 0 radical (unpaired) electrons. The van der Waals surface area contributed by atoms with Gasteiger partial charge < -0.3 is 16.0 Å². The average Bonchev–Trinajstić information content (AvgIpc) is 2.83. The van der Waals surface area contributed by atoms with Crippen molar-refractivity contribution in [3.05, 3.63) is 48.5 Å². The van der Waals surface area contributed by atoms with Gasteiger partial charge in [0.1, 0.15) is 0 Å². The molecule has 3 N–H and O–H groups in total. The van der Waals surface area contributed by atoms with Crippen LogP contribution in [0.2, 0.25) is 0 Å². The van der Waals surface area contributed by atoms with Gasteiger partial charge in [-0.3, -0.25) is 9.59 Å². The minimum absolute atomic E-state index is 0.0705.